The lowest BCUT2D eigenvalue weighted by atomic mass is 10.3. The van der Waals surface area contributed by atoms with Gasteiger partial charge in [-0.15, -0.1) is 0 Å². The SMILES string of the molecule is Cn1cc(C=CC(=O)NCCc2cnc[nH]2)cn1. The lowest BCUT2D eigenvalue weighted by Crippen LogP contribution is -2.23. The van der Waals surface area contributed by atoms with Crippen molar-refractivity contribution in [3.05, 3.63) is 42.3 Å². The molecule has 2 N–H and O–H groups in total. The highest BCUT2D eigenvalue weighted by Crippen LogP contribution is 1.98. The van der Waals surface area contributed by atoms with Crippen LogP contribution in [0, 0.1) is 0 Å². The lowest BCUT2D eigenvalue weighted by Gasteiger charge is -1.99. The molecule has 6 nitrogen and oxygen atoms in total. The number of aromatic nitrogens is 4. The van der Waals surface area contributed by atoms with Crippen LogP contribution in [0.25, 0.3) is 6.08 Å². The largest absolute Gasteiger partial charge is 0.352 e. The van der Waals surface area contributed by atoms with Gasteiger partial charge in [0, 0.05) is 49.7 Å². The molecule has 6 heteroatoms. The molecule has 0 bridgehead atoms. The number of hydrogen-bond acceptors (Lipinski definition) is 3. The van der Waals surface area contributed by atoms with Crippen molar-refractivity contribution in [2.24, 2.45) is 7.05 Å². The normalized spacial score (nSPS) is 10.9. The minimum Gasteiger partial charge on any atom is -0.352 e. The fourth-order valence-corrected chi connectivity index (χ4v) is 1.50. The van der Waals surface area contributed by atoms with E-state index in [0.29, 0.717) is 6.54 Å². The van der Waals surface area contributed by atoms with Crippen LogP contribution in [0.15, 0.2) is 31.0 Å². The van der Waals surface area contributed by atoms with Crippen LogP contribution in [0.2, 0.25) is 0 Å². The summed E-state index contributed by atoms with van der Waals surface area (Å²) in [6.45, 7) is 0.582. The van der Waals surface area contributed by atoms with Gasteiger partial charge in [0.2, 0.25) is 5.91 Å². The zero-order valence-corrected chi connectivity index (χ0v) is 10.1. The molecule has 0 aliphatic heterocycles. The van der Waals surface area contributed by atoms with Crippen LogP contribution in [-0.4, -0.2) is 32.2 Å². The van der Waals surface area contributed by atoms with E-state index < -0.39 is 0 Å². The highest BCUT2D eigenvalue weighted by Gasteiger charge is 1.97. The molecule has 0 aromatic carbocycles. The Balaban J connectivity index is 1.73. The van der Waals surface area contributed by atoms with E-state index in [1.54, 1.807) is 29.5 Å². The zero-order valence-electron chi connectivity index (χ0n) is 10.1. The van der Waals surface area contributed by atoms with E-state index in [2.05, 4.69) is 20.4 Å². The molecule has 0 saturated heterocycles. The standard InChI is InChI=1S/C12H15N5O/c1-17-8-10(6-16-17)2-3-12(18)14-5-4-11-7-13-9-15-11/h2-3,6-9H,4-5H2,1H3,(H,13,15)(H,14,18). The van der Waals surface area contributed by atoms with Gasteiger partial charge in [-0.3, -0.25) is 9.48 Å². The van der Waals surface area contributed by atoms with Crippen molar-refractivity contribution in [3.63, 3.8) is 0 Å². The van der Waals surface area contributed by atoms with E-state index in [-0.39, 0.29) is 5.91 Å². The topological polar surface area (TPSA) is 75.6 Å². The van der Waals surface area contributed by atoms with E-state index in [1.165, 1.54) is 6.08 Å². The van der Waals surface area contributed by atoms with Gasteiger partial charge in [-0.2, -0.15) is 5.10 Å². The minimum atomic E-state index is -0.113. The number of H-pyrrole nitrogens is 1. The quantitative estimate of drug-likeness (QED) is 0.754. The van der Waals surface area contributed by atoms with Crippen molar-refractivity contribution >= 4 is 12.0 Å². The molecule has 0 spiro atoms. The Bertz CT molecular complexity index is 526. The summed E-state index contributed by atoms with van der Waals surface area (Å²) in [5.41, 5.74) is 1.91. The Morgan fingerprint density at radius 1 is 1.56 bits per heavy atom. The maximum absolute atomic E-state index is 11.5. The Labute approximate surface area is 105 Å². The number of hydrogen-bond donors (Lipinski definition) is 2. The maximum Gasteiger partial charge on any atom is 0.244 e. The van der Waals surface area contributed by atoms with Gasteiger partial charge in [0.05, 0.1) is 12.5 Å². The number of aryl methyl sites for hydroxylation is 1. The highest BCUT2D eigenvalue weighted by atomic mass is 16.1. The highest BCUT2D eigenvalue weighted by molar-refractivity contribution is 5.91. The van der Waals surface area contributed by atoms with Gasteiger partial charge in [-0.25, -0.2) is 4.98 Å². The van der Waals surface area contributed by atoms with Crippen molar-refractivity contribution in [2.45, 2.75) is 6.42 Å². The number of carbonyl (C=O) groups is 1. The monoisotopic (exact) mass is 245 g/mol. The van der Waals surface area contributed by atoms with Crippen LogP contribution in [0.1, 0.15) is 11.3 Å². The number of amides is 1. The second-order valence-corrected chi connectivity index (χ2v) is 3.90. The summed E-state index contributed by atoms with van der Waals surface area (Å²) in [6.07, 6.45) is 10.9. The van der Waals surface area contributed by atoms with Gasteiger partial charge in [-0.1, -0.05) is 0 Å². The molecule has 94 valence electrons. The lowest BCUT2D eigenvalue weighted by molar-refractivity contribution is -0.116. The van der Waals surface area contributed by atoms with E-state index in [4.69, 9.17) is 0 Å². The molecular weight excluding hydrogens is 230 g/mol. The van der Waals surface area contributed by atoms with Gasteiger partial charge in [-0.05, 0) is 6.08 Å². The third-order valence-corrected chi connectivity index (χ3v) is 2.40. The molecule has 0 unspecified atom stereocenters. The Morgan fingerprint density at radius 3 is 3.11 bits per heavy atom. The summed E-state index contributed by atoms with van der Waals surface area (Å²) in [5, 5.41) is 6.81. The summed E-state index contributed by atoms with van der Waals surface area (Å²) >= 11 is 0. The molecule has 0 aliphatic carbocycles. The smallest absolute Gasteiger partial charge is 0.244 e. The number of carbonyl (C=O) groups excluding carboxylic acids is 1. The van der Waals surface area contributed by atoms with Crippen LogP contribution in [0.5, 0.6) is 0 Å². The van der Waals surface area contributed by atoms with Crippen molar-refractivity contribution < 1.29 is 4.79 Å². The van der Waals surface area contributed by atoms with Gasteiger partial charge >= 0.3 is 0 Å². The van der Waals surface area contributed by atoms with E-state index in [1.807, 2.05) is 13.2 Å². The first-order valence-electron chi connectivity index (χ1n) is 5.66. The molecule has 0 radical (unpaired) electrons. The molecule has 18 heavy (non-hydrogen) atoms. The average molecular weight is 245 g/mol. The molecule has 2 aromatic rings. The predicted molar refractivity (Wildman–Crippen MR) is 67.5 cm³/mol. The molecule has 0 fully saturated rings. The first kappa shape index (κ1) is 12.1. The van der Waals surface area contributed by atoms with E-state index >= 15 is 0 Å². The third kappa shape index (κ3) is 3.58. The van der Waals surface area contributed by atoms with Crippen molar-refractivity contribution in [3.8, 4) is 0 Å². The van der Waals surface area contributed by atoms with E-state index in [0.717, 1.165) is 17.7 Å². The molecule has 2 rings (SSSR count). The number of aromatic amines is 1. The summed E-state index contributed by atoms with van der Waals surface area (Å²) in [7, 11) is 1.84. The fraction of sp³-hybridized carbons (Fsp3) is 0.250. The molecular formula is C12H15N5O. The molecule has 2 heterocycles. The Kier molecular flexibility index (Phi) is 3.90. The van der Waals surface area contributed by atoms with E-state index in [9.17, 15) is 4.79 Å². The second-order valence-electron chi connectivity index (χ2n) is 3.90. The molecule has 0 saturated carbocycles. The van der Waals surface area contributed by atoms with Crippen molar-refractivity contribution in [1.29, 1.82) is 0 Å². The molecule has 2 aromatic heterocycles. The van der Waals surface area contributed by atoms with Crippen LogP contribution in [-0.2, 0) is 18.3 Å². The molecule has 0 atom stereocenters. The summed E-state index contributed by atoms with van der Waals surface area (Å²) < 4.78 is 1.69. The average Bonchev–Trinajstić information content (AvgIpc) is 2.98. The van der Waals surface area contributed by atoms with Crippen LogP contribution in [0.4, 0.5) is 0 Å². The predicted octanol–water partition coefficient (Wildman–Crippen LogP) is 0.515. The van der Waals surface area contributed by atoms with Gasteiger partial charge in [0.25, 0.3) is 0 Å². The Morgan fingerprint density at radius 2 is 2.44 bits per heavy atom. The fourth-order valence-electron chi connectivity index (χ4n) is 1.50. The van der Waals surface area contributed by atoms with Crippen molar-refractivity contribution in [2.75, 3.05) is 6.54 Å². The summed E-state index contributed by atoms with van der Waals surface area (Å²) in [5.74, 6) is -0.113. The summed E-state index contributed by atoms with van der Waals surface area (Å²) in [6, 6.07) is 0. The minimum absolute atomic E-state index is 0.113. The van der Waals surface area contributed by atoms with Crippen LogP contribution < -0.4 is 5.32 Å². The first-order chi connectivity index (χ1) is 8.74. The summed E-state index contributed by atoms with van der Waals surface area (Å²) in [4.78, 5) is 18.4. The van der Waals surface area contributed by atoms with Crippen LogP contribution in [0.3, 0.4) is 0 Å². The Hall–Kier alpha value is -2.37. The number of imidazole rings is 1. The molecule has 1 amide bonds. The number of rotatable bonds is 5. The maximum atomic E-state index is 11.5. The van der Waals surface area contributed by atoms with Gasteiger partial charge < -0.3 is 10.3 Å². The third-order valence-electron chi connectivity index (χ3n) is 2.40. The number of nitrogens with zero attached hydrogens (tertiary/aromatic N) is 3. The molecule has 0 aliphatic rings. The zero-order chi connectivity index (χ0) is 12.8. The number of nitrogens with one attached hydrogen (secondary N) is 2. The van der Waals surface area contributed by atoms with Gasteiger partial charge in [0.1, 0.15) is 0 Å². The first-order valence-corrected chi connectivity index (χ1v) is 5.66. The second kappa shape index (κ2) is 5.81. The van der Waals surface area contributed by atoms with Gasteiger partial charge in [0.15, 0.2) is 0 Å². The van der Waals surface area contributed by atoms with Crippen molar-refractivity contribution in [1.82, 2.24) is 25.1 Å². The van der Waals surface area contributed by atoms with Crippen LogP contribution >= 0.6 is 0 Å².